The van der Waals surface area contributed by atoms with Crippen molar-refractivity contribution in [3.05, 3.63) is 23.8 Å². The number of nitrogens with one attached hydrogen (secondary N) is 2. The molecule has 1 fully saturated rings. The van der Waals surface area contributed by atoms with E-state index in [1.807, 2.05) is 25.1 Å². The van der Waals surface area contributed by atoms with Crippen molar-refractivity contribution >= 4 is 11.9 Å². The first-order valence-corrected chi connectivity index (χ1v) is 8.81. The van der Waals surface area contributed by atoms with Crippen molar-refractivity contribution in [3.8, 4) is 11.5 Å². The minimum atomic E-state index is -0.138. The van der Waals surface area contributed by atoms with Gasteiger partial charge >= 0.3 is 5.97 Å². The average molecular weight is 349 g/mol. The van der Waals surface area contributed by atoms with E-state index >= 15 is 0 Å². The third kappa shape index (κ3) is 4.63. The molecule has 1 aromatic carbocycles. The van der Waals surface area contributed by atoms with Crippen molar-refractivity contribution in [2.24, 2.45) is 5.92 Å². The summed E-state index contributed by atoms with van der Waals surface area (Å²) in [5.74, 6) is 1.20. The molecule has 7 nitrogen and oxygen atoms in total. The number of piperidine rings is 1. The van der Waals surface area contributed by atoms with Gasteiger partial charge in [-0.1, -0.05) is 6.07 Å². The second-order valence-corrected chi connectivity index (χ2v) is 6.44. The fourth-order valence-electron chi connectivity index (χ4n) is 3.31. The van der Waals surface area contributed by atoms with Crippen LogP contribution in [0.15, 0.2) is 18.2 Å². The Hall–Kier alpha value is -2.28. The maximum Gasteiger partial charge on any atom is 0.314 e. The lowest BCUT2D eigenvalue weighted by molar-refractivity contribution is -0.899. The van der Waals surface area contributed by atoms with Gasteiger partial charge in [0.25, 0.3) is 5.91 Å². The Balaban J connectivity index is 1.45. The van der Waals surface area contributed by atoms with E-state index in [9.17, 15) is 9.59 Å². The van der Waals surface area contributed by atoms with Crippen molar-refractivity contribution in [1.29, 1.82) is 0 Å². The molecular weight excluding hydrogens is 324 g/mol. The first-order valence-electron chi connectivity index (χ1n) is 8.81. The predicted molar refractivity (Wildman–Crippen MR) is 89.3 cm³/mol. The van der Waals surface area contributed by atoms with Crippen LogP contribution in [0.2, 0.25) is 0 Å². The Morgan fingerprint density at radius 2 is 2.16 bits per heavy atom. The Morgan fingerprint density at radius 1 is 1.32 bits per heavy atom. The van der Waals surface area contributed by atoms with E-state index in [1.165, 1.54) is 0 Å². The molecule has 25 heavy (non-hydrogen) atoms. The highest BCUT2D eigenvalue weighted by molar-refractivity contribution is 5.77. The number of amides is 1. The summed E-state index contributed by atoms with van der Waals surface area (Å²) in [6.07, 6.45) is 1.79. The fourth-order valence-corrected chi connectivity index (χ4v) is 3.31. The Bertz CT molecular complexity index is 634. The molecule has 0 radical (unpaired) electrons. The van der Waals surface area contributed by atoms with Gasteiger partial charge in [0.15, 0.2) is 18.0 Å². The topological polar surface area (TPSA) is 78.3 Å². The summed E-state index contributed by atoms with van der Waals surface area (Å²) >= 11 is 0. The molecule has 2 atom stereocenters. The van der Waals surface area contributed by atoms with Crippen molar-refractivity contribution in [2.75, 3.05) is 33.0 Å². The quantitative estimate of drug-likeness (QED) is 0.701. The summed E-state index contributed by atoms with van der Waals surface area (Å²) in [5, 5.41) is 2.93. The number of rotatable bonds is 6. The SMILES string of the molecule is CCOC(=O)[C@@H]1CCC[NH+](CC(=O)NCc2ccc3c(c2)OCO3)C1. The van der Waals surface area contributed by atoms with E-state index in [4.69, 9.17) is 14.2 Å². The number of hydrogen-bond acceptors (Lipinski definition) is 5. The van der Waals surface area contributed by atoms with Crippen LogP contribution in [0.25, 0.3) is 0 Å². The Labute approximate surface area is 147 Å². The highest BCUT2D eigenvalue weighted by atomic mass is 16.7. The van der Waals surface area contributed by atoms with E-state index in [2.05, 4.69) is 5.32 Å². The summed E-state index contributed by atoms with van der Waals surface area (Å²) in [5.41, 5.74) is 0.968. The maximum absolute atomic E-state index is 12.2. The van der Waals surface area contributed by atoms with Crippen LogP contribution in [-0.2, 0) is 20.9 Å². The molecule has 2 aliphatic rings. The van der Waals surface area contributed by atoms with Crippen LogP contribution in [0.5, 0.6) is 11.5 Å². The highest BCUT2D eigenvalue weighted by Crippen LogP contribution is 2.32. The molecule has 136 valence electrons. The summed E-state index contributed by atoms with van der Waals surface area (Å²) in [6, 6.07) is 5.65. The van der Waals surface area contributed by atoms with E-state index in [1.54, 1.807) is 0 Å². The molecule has 0 aromatic heterocycles. The molecule has 1 amide bonds. The summed E-state index contributed by atoms with van der Waals surface area (Å²) in [6.45, 7) is 4.86. The van der Waals surface area contributed by atoms with Gasteiger partial charge in [-0.05, 0) is 37.5 Å². The summed E-state index contributed by atoms with van der Waals surface area (Å²) in [4.78, 5) is 25.2. The lowest BCUT2D eigenvalue weighted by Gasteiger charge is -2.28. The zero-order valence-corrected chi connectivity index (χ0v) is 14.5. The van der Waals surface area contributed by atoms with Crippen LogP contribution in [-0.4, -0.2) is 44.9 Å². The van der Waals surface area contributed by atoms with Crippen LogP contribution < -0.4 is 19.7 Å². The Kier molecular flexibility index (Phi) is 5.75. The number of ether oxygens (including phenoxy) is 3. The molecule has 2 aliphatic heterocycles. The minimum absolute atomic E-state index is 0.0165. The van der Waals surface area contributed by atoms with E-state index in [0.29, 0.717) is 32.0 Å². The largest absolute Gasteiger partial charge is 0.466 e. The number of quaternary nitrogens is 1. The van der Waals surface area contributed by atoms with Gasteiger partial charge in [-0.25, -0.2) is 0 Å². The molecular formula is C18H25N2O5+. The highest BCUT2D eigenvalue weighted by Gasteiger charge is 2.30. The standard InChI is InChI=1S/C18H24N2O5/c1-2-23-18(22)14-4-3-7-20(10-14)11-17(21)19-9-13-5-6-15-16(8-13)25-12-24-15/h5-6,8,14H,2-4,7,9-12H2,1H3,(H,19,21)/p+1/t14-/m1/s1. The minimum Gasteiger partial charge on any atom is -0.466 e. The smallest absolute Gasteiger partial charge is 0.314 e. The van der Waals surface area contributed by atoms with Gasteiger partial charge < -0.3 is 24.4 Å². The molecule has 1 unspecified atom stereocenters. The maximum atomic E-state index is 12.2. The molecule has 2 N–H and O–H groups in total. The number of hydrogen-bond donors (Lipinski definition) is 2. The number of fused-ring (bicyclic) bond motifs is 1. The Morgan fingerprint density at radius 3 is 3.00 bits per heavy atom. The van der Waals surface area contributed by atoms with Crippen LogP contribution in [0.4, 0.5) is 0 Å². The fraction of sp³-hybridized carbons (Fsp3) is 0.556. The lowest BCUT2D eigenvalue weighted by Crippen LogP contribution is -3.14. The van der Waals surface area contributed by atoms with Gasteiger partial charge in [-0.2, -0.15) is 0 Å². The van der Waals surface area contributed by atoms with Gasteiger partial charge in [0, 0.05) is 6.54 Å². The number of esters is 1. The third-order valence-corrected chi connectivity index (χ3v) is 4.58. The molecule has 2 heterocycles. The van der Waals surface area contributed by atoms with E-state index in [0.717, 1.165) is 35.6 Å². The molecule has 0 saturated carbocycles. The van der Waals surface area contributed by atoms with Crippen LogP contribution in [0.1, 0.15) is 25.3 Å². The van der Waals surface area contributed by atoms with Crippen LogP contribution >= 0.6 is 0 Å². The van der Waals surface area contributed by atoms with E-state index < -0.39 is 0 Å². The van der Waals surface area contributed by atoms with Gasteiger partial charge in [-0.3, -0.25) is 9.59 Å². The predicted octanol–water partition coefficient (Wildman–Crippen LogP) is -0.110. The van der Waals surface area contributed by atoms with Crippen molar-refractivity contribution < 1.29 is 28.7 Å². The third-order valence-electron chi connectivity index (χ3n) is 4.58. The molecule has 0 bridgehead atoms. The first-order chi connectivity index (χ1) is 12.2. The van der Waals surface area contributed by atoms with Crippen molar-refractivity contribution in [3.63, 3.8) is 0 Å². The summed E-state index contributed by atoms with van der Waals surface area (Å²) < 4.78 is 15.7. The van der Waals surface area contributed by atoms with Gasteiger partial charge in [0.2, 0.25) is 6.79 Å². The number of benzene rings is 1. The van der Waals surface area contributed by atoms with Crippen molar-refractivity contribution in [2.45, 2.75) is 26.3 Å². The second kappa shape index (κ2) is 8.20. The number of carbonyl (C=O) groups is 2. The van der Waals surface area contributed by atoms with Crippen LogP contribution in [0, 0.1) is 5.92 Å². The van der Waals surface area contributed by atoms with Crippen LogP contribution in [0.3, 0.4) is 0 Å². The molecule has 3 rings (SSSR count). The average Bonchev–Trinajstić information content (AvgIpc) is 3.08. The summed E-state index contributed by atoms with van der Waals surface area (Å²) in [7, 11) is 0. The zero-order chi connectivity index (χ0) is 17.6. The number of carbonyl (C=O) groups excluding carboxylic acids is 2. The number of likely N-dealkylation sites (tertiary alicyclic amines) is 1. The molecule has 1 aromatic rings. The first kappa shape index (κ1) is 17.5. The molecule has 0 aliphatic carbocycles. The zero-order valence-electron chi connectivity index (χ0n) is 14.5. The van der Waals surface area contributed by atoms with Crippen molar-refractivity contribution in [1.82, 2.24) is 5.32 Å². The second-order valence-electron chi connectivity index (χ2n) is 6.44. The molecule has 7 heteroatoms. The monoisotopic (exact) mass is 349 g/mol. The molecule has 1 saturated heterocycles. The van der Waals surface area contributed by atoms with Gasteiger partial charge in [0.1, 0.15) is 5.92 Å². The van der Waals surface area contributed by atoms with Gasteiger partial charge in [-0.15, -0.1) is 0 Å². The van der Waals surface area contributed by atoms with Gasteiger partial charge in [0.05, 0.1) is 19.7 Å². The lowest BCUT2D eigenvalue weighted by atomic mass is 9.98. The van der Waals surface area contributed by atoms with E-state index in [-0.39, 0.29) is 24.6 Å². The normalized spacial score (nSPS) is 21.6. The molecule has 0 spiro atoms.